The van der Waals surface area contributed by atoms with Gasteiger partial charge in [0.15, 0.2) is 5.65 Å². The quantitative estimate of drug-likeness (QED) is 0.492. The van der Waals surface area contributed by atoms with Crippen molar-refractivity contribution in [3.05, 3.63) is 59.8 Å². The summed E-state index contributed by atoms with van der Waals surface area (Å²) in [5.74, 6) is -0.0893. The Morgan fingerprint density at radius 1 is 1.03 bits per heavy atom. The van der Waals surface area contributed by atoms with E-state index in [-0.39, 0.29) is 12.5 Å². The molecule has 0 saturated carbocycles. The molecule has 0 bridgehead atoms. The summed E-state index contributed by atoms with van der Waals surface area (Å²) in [6.45, 7) is 3.74. The minimum Gasteiger partial charge on any atom is -0.339 e. The largest absolute Gasteiger partial charge is 0.389 e. The number of rotatable bonds is 6. The average Bonchev–Trinajstić information content (AvgIpc) is 3.14. The Morgan fingerprint density at radius 2 is 1.85 bits per heavy atom. The van der Waals surface area contributed by atoms with E-state index in [4.69, 9.17) is 0 Å². The van der Waals surface area contributed by atoms with Gasteiger partial charge in [0.25, 0.3) is 5.91 Å². The first-order chi connectivity index (χ1) is 18.8. The first-order valence-electron chi connectivity index (χ1n) is 13.0. The van der Waals surface area contributed by atoms with Crippen LogP contribution in [-0.2, 0) is 4.79 Å². The molecule has 2 aliphatic heterocycles. The highest BCUT2D eigenvalue weighted by atomic mass is 19.4. The van der Waals surface area contributed by atoms with Gasteiger partial charge in [-0.3, -0.25) is 9.59 Å². The van der Waals surface area contributed by atoms with Gasteiger partial charge in [-0.25, -0.2) is 4.52 Å². The number of carbonyl (C=O) groups is 2. The zero-order valence-corrected chi connectivity index (χ0v) is 21.4. The Hall–Kier alpha value is -3.93. The topological polar surface area (TPSA) is 94.9 Å². The maximum Gasteiger partial charge on any atom is 0.389 e. The van der Waals surface area contributed by atoms with Crippen LogP contribution >= 0.6 is 0 Å². The number of amides is 2. The number of aromatic nitrogens is 3. The van der Waals surface area contributed by atoms with Crippen LogP contribution in [0.15, 0.2) is 48.7 Å². The summed E-state index contributed by atoms with van der Waals surface area (Å²) < 4.78 is 39.1. The highest BCUT2D eigenvalue weighted by Gasteiger charge is 2.29. The number of hydrogen-bond donors (Lipinski definition) is 2. The average molecular weight is 542 g/mol. The van der Waals surface area contributed by atoms with Crippen LogP contribution in [0.1, 0.15) is 41.6 Å². The Labute approximate surface area is 223 Å². The molecule has 39 heavy (non-hydrogen) atoms. The van der Waals surface area contributed by atoms with Crippen molar-refractivity contribution in [3.63, 3.8) is 0 Å². The Morgan fingerprint density at radius 3 is 2.59 bits per heavy atom. The molecule has 0 aliphatic carbocycles. The van der Waals surface area contributed by atoms with Crippen LogP contribution in [0, 0.1) is 0 Å². The molecule has 0 spiro atoms. The van der Waals surface area contributed by atoms with Crippen LogP contribution in [0.4, 0.5) is 24.8 Å². The number of alkyl halides is 3. The van der Waals surface area contributed by atoms with E-state index in [1.165, 1.54) is 4.90 Å². The van der Waals surface area contributed by atoms with Gasteiger partial charge in [-0.05, 0) is 61.4 Å². The van der Waals surface area contributed by atoms with E-state index in [1.807, 2.05) is 35.2 Å². The molecule has 12 heteroatoms. The number of benzene rings is 1. The normalized spacial score (nSPS) is 16.6. The lowest BCUT2D eigenvalue weighted by atomic mass is 10.00. The summed E-state index contributed by atoms with van der Waals surface area (Å²) in [5, 5.41) is 11.0. The van der Waals surface area contributed by atoms with E-state index in [0.717, 1.165) is 42.9 Å². The second kappa shape index (κ2) is 11.4. The molecule has 2 N–H and O–H groups in total. The zero-order valence-electron chi connectivity index (χ0n) is 21.4. The standard InChI is InChI=1S/C27H30F3N7O2/c28-27(29,30)11-8-23(38)35-16-9-19(10-17-35)22-3-1-15-37-24(22)33-26(34-37)32-21-6-4-20(5-7-21)25(39)36-14-2-12-31-13-18-36/h1,3-7,9,15,31H,2,8,10-14,16-18H2,(H,32,34). The minimum absolute atomic E-state index is 0.0159. The Bertz CT molecular complexity index is 1360. The van der Waals surface area contributed by atoms with Gasteiger partial charge in [-0.2, -0.15) is 18.2 Å². The second-order valence-corrected chi connectivity index (χ2v) is 9.66. The fourth-order valence-electron chi connectivity index (χ4n) is 4.81. The van der Waals surface area contributed by atoms with Gasteiger partial charge in [0.1, 0.15) is 0 Å². The molecular formula is C27H30F3N7O2. The monoisotopic (exact) mass is 541 g/mol. The number of nitrogens with one attached hydrogen (secondary N) is 2. The Balaban J connectivity index is 1.25. The van der Waals surface area contributed by atoms with Crippen molar-refractivity contribution in [1.82, 2.24) is 29.7 Å². The zero-order chi connectivity index (χ0) is 27.4. The van der Waals surface area contributed by atoms with Gasteiger partial charge in [0.05, 0.1) is 6.42 Å². The third kappa shape index (κ3) is 6.56. The number of hydrogen-bond acceptors (Lipinski definition) is 6. The molecule has 0 radical (unpaired) electrons. The molecule has 0 unspecified atom stereocenters. The summed E-state index contributed by atoms with van der Waals surface area (Å²) in [5.41, 5.74) is 3.82. The van der Waals surface area contributed by atoms with Gasteiger partial charge in [-0.15, -0.1) is 5.10 Å². The van der Waals surface area contributed by atoms with Gasteiger partial charge in [0, 0.05) is 62.2 Å². The molecule has 1 aromatic carbocycles. The van der Waals surface area contributed by atoms with Gasteiger partial charge >= 0.3 is 6.18 Å². The summed E-state index contributed by atoms with van der Waals surface area (Å²) in [7, 11) is 0. The first-order valence-corrected chi connectivity index (χ1v) is 13.0. The van der Waals surface area contributed by atoms with Crippen molar-refractivity contribution in [1.29, 1.82) is 0 Å². The predicted octanol–water partition coefficient (Wildman–Crippen LogP) is 3.87. The fraction of sp³-hybridized carbons (Fsp3) is 0.407. The van der Waals surface area contributed by atoms with Crippen molar-refractivity contribution in [2.75, 3.05) is 44.6 Å². The van der Waals surface area contributed by atoms with E-state index in [2.05, 4.69) is 20.7 Å². The SMILES string of the molecule is O=C(CCC(F)(F)F)N1CC=C(c2cccn3nc(Nc4ccc(C(=O)N5CCCNCC5)cc4)nc23)CC1. The molecular weight excluding hydrogens is 511 g/mol. The van der Waals surface area contributed by atoms with Crippen molar-refractivity contribution >= 4 is 34.7 Å². The highest BCUT2D eigenvalue weighted by Crippen LogP contribution is 2.28. The van der Waals surface area contributed by atoms with Crippen LogP contribution < -0.4 is 10.6 Å². The van der Waals surface area contributed by atoms with Crippen LogP contribution in [0.5, 0.6) is 0 Å². The third-order valence-corrected chi connectivity index (χ3v) is 6.91. The molecule has 4 heterocycles. The maximum atomic E-state index is 12.8. The summed E-state index contributed by atoms with van der Waals surface area (Å²) >= 11 is 0. The molecule has 0 atom stereocenters. The molecule has 9 nitrogen and oxygen atoms in total. The van der Waals surface area contributed by atoms with Gasteiger partial charge < -0.3 is 20.4 Å². The first kappa shape index (κ1) is 26.7. The number of fused-ring (bicyclic) bond motifs is 1. The Kier molecular flexibility index (Phi) is 7.82. The van der Waals surface area contributed by atoms with Crippen LogP contribution in [0.3, 0.4) is 0 Å². The van der Waals surface area contributed by atoms with E-state index in [1.54, 1.807) is 22.8 Å². The van der Waals surface area contributed by atoms with E-state index in [0.29, 0.717) is 36.7 Å². The fourth-order valence-corrected chi connectivity index (χ4v) is 4.81. The molecule has 206 valence electrons. The second-order valence-electron chi connectivity index (χ2n) is 9.66. The number of carbonyl (C=O) groups excluding carboxylic acids is 2. The van der Waals surface area contributed by atoms with Crippen molar-refractivity contribution in [3.8, 4) is 0 Å². The molecule has 1 saturated heterocycles. The summed E-state index contributed by atoms with van der Waals surface area (Å²) in [4.78, 5) is 33.0. The van der Waals surface area contributed by atoms with Crippen LogP contribution in [0.25, 0.3) is 11.2 Å². The molecule has 3 aromatic rings. The summed E-state index contributed by atoms with van der Waals surface area (Å²) in [6, 6.07) is 11.0. The number of nitrogens with zero attached hydrogens (tertiary/aromatic N) is 5. The smallest absolute Gasteiger partial charge is 0.339 e. The van der Waals surface area contributed by atoms with E-state index in [9.17, 15) is 22.8 Å². The van der Waals surface area contributed by atoms with Crippen molar-refractivity contribution < 1.29 is 22.8 Å². The number of pyridine rings is 1. The molecule has 5 rings (SSSR count). The predicted molar refractivity (Wildman–Crippen MR) is 141 cm³/mol. The lowest BCUT2D eigenvalue weighted by Crippen LogP contribution is -2.35. The lowest BCUT2D eigenvalue weighted by Gasteiger charge is -2.27. The maximum absolute atomic E-state index is 12.8. The minimum atomic E-state index is -4.34. The third-order valence-electron chi connectivity index (χ3n) is 6.91. The molecule has 2 amide bonds. The van der Waals surface area contributed by atoms with Crippen LogP contribution in [-0.4, -0.2) is 81.7 Å². The number of halogens is 3. The summed E-state index contributed by atoms with van der Waals surface area (Å²) in [6.07, 6.45) is -0.897. The number of anilines is 2. The van der Waals surface area contributed by atoms with Gasteiger partial charge in [-0.1, -0.05) is 6.08 Å². The molecule has 2 aliphatic rings. The molecule has 1 fully saturated rings. The lowest BCUT2D eigenvalue weighted by molar-refractivity contribution is -0.148. The van der Waals surface area contributed by atoms with E-state index >= 15 is 0 Å². The van der Waals surface area contributed by atoms with Gasteiger partial charge in [0.2, 0.25) is 11.9 Å². The van der Waals surface area contributed by atoms with E-state index < -0.39 is 24.9 Å². The highest BCUT2D eigenvalue weighted by molar-refractivity contribution is 5.94. The molecule has 2 aromatic heterocycles. The van der Waals surface area contributed by atoms with Crippen molar-refractivity contribution in [2.24, 2.45) is 0 Å². The van der Waals surface area contributed by atoms with Crippen molar-refractivity contribution in [2.45, 2.75) is 31.9 Å². The van der Waals surface area contributed by atoms with Crippen LogP contribution in [0.2, 0.25) is 0 Å².